The highest BCUT2D eigenvalue weighted by Crippen LogP contribution is 2.27. The highest BCUT2D eigenvalue weighted by Gasteiger charge is 2.15. The molecule has 5 heteroatoms. The Hall–Kier alpha value is -1.85. The lowest BCUT2D eigenvalue weighted by Gasteiger charge is -2.28. The summed E-state index contributed by atoms with van der Waals surface area (Å²) in [5.41, 5.74) is 1.10. The Labute approximate surface area is 124 Å². The van der Waals surface area contributed by atoms with Crippen molar-refractivity contribution in [2.45, 2.75) is 0 Å². The zero-order chi connectivity index (χ0) is 14.5. The fourth-order valence-corrected chi connectivity index (χ4v) is 2.59. The lowest BCUT2D eigenvalue weighted by molar-refractivity contribution is 0.122. The van der Waals surface area contributed by atoms with Gasteiger partial charge in [-0.2, -0.15) is 0 Å². The van der Waals surface area contributed by atoms with E-state index >= 15 is 0 Å². The third-order valence-corrected chi connectivity index (χ3v) is 3.69. The van der Waals surface area contributed by atoms with Gasteiger partial charge in [0.1, 0.15) is 5.82 Å². The van der Waals surface area contributed by atoms with Gasteiger partial charge in [-0.3, -0.25) is 0 Å². The van der Waals surface area contributed by atoms with E-state index in [4.69, 9.17) is 9.47 Å². The van der Waals surface area contributed by atoms with E-state index in [-0.39, 0.29) is 0 Å². The maximum absolute atomic E-state index is 5.43. The van der Waals surface area contributed by atoms with Crippen molar-refractivity contribution in [3.05, 3.63) is 30.5 Å². The molecular formula is C16H21N3O2. The summed E-state index contributed by atoms with van der Waals surface area (Å²) in [6.07, 6.45) is 1.88. The molecule has 3 rings (SSSR count). The van der Waals surface area contributed by atoms with Crippen LogP contribution in [-0.2, 0) is 9.47 Å². The zero-order valence-electron chi connectivity index (χ0n) is 12.3. The number of rotatable bonds is 5. The van der Waals surface area contributed by atoms with Gasteiger partial charge in [-0.25, -0.2) is 4.98 Å². The predicted molar refractivity (Wildman–Crippen MR) is 85.1 cm³/mol. The molecule has 0 amide bonds. The fourth-order valence-electron chi connectivity index (χ4n) is 2.59. The molecule has 0 spiro atoms. The minimum absolute atomic E-state index is 0.696. The van der Waals surface area contributed by atoms with Gasteiger partial charge in [-0.15, -0.1) is 0 Å². The number of hydrogen-bond donors (Lipinski definition) is 1. The summed E-state index contributed by atoms with van der Waals surface area (Å²) < 4.78 is 10.5. The van der Waals surface area contributed by atoms with Crippen molar-refractivity contribution in [2.75, 3.05) is 56.8 Å². The van der Waals surface area contributed by atoms with Crippen LogP contribution >= 0.6 is 0 Å². The number of pyridine rings is 1. The van der Waals surface area contributed by atoms with Gasteiger partial charge in [0, 0.05) is 44.0 Å². The van der Waals surface area contributed by atoms with Crippen molar-refractivity contribution in [2.24, 2.45) is 0 Å². The van der Waals surface area contributed by atoms with Gasteiger partial charge in [-0.1, -0.05) is 6.07 Å². The summed E-state index contributed by atoms with van der Waals surface area (Å²) in [7, 11) is 1.71. The van der Waals surface area contributed by atoms with Crippen LogP contribution in [0.5, 0.6) is 0 Å². The first-order valence-electron chi connectivity index (χ1n) is 7.33. The Balaban J connectivity index is 1.89. The van der Waals surface area contributed by atoms with Crippen molar-refractivity contribution in [1.82, 2.24) is 4.98 Å². The van der Waals surface area contributed by atoms with Crippen LogP contribution in [0.1, 0.15) is 0 Å². The van der Waals surface area contributed by atoms with Crippen molar-refractivity contribution < 1.29 is 9.47 Å². The largest absolute Gasteiger partial charge is 0.383 e. The second-order valence-electron chi connectivity index (χ2n) is 5.09. The molecule has 1 N–H and O–H groups in total. The molecule has 1 aromatic heterocycles. The molecule has 0 bridgehead atoms. The van der Waals surface area contributed by atoms with Gasteiger partial charge in [0.05, 0.1) is 19.8 Å². The molecule has 1 aliphatic heterocycles. The van der Waals surface area contributed by atoms with Gasteiger partial charge in [0.2, 0.25) is 0 Å². The number of anilines is 2. The molecule has 0 unspecified atom stereocenters. The van der Waals surface area contributed by atoms with Crippen LogP contribution in [0.4, 0.5) is 11.5 Å². The second kappa shape index (κ2) is 6.74. The van der Waals surface area contributed by atoms with Gasteiger partial charge in [0.25, 0.3) is 0 Å². The molecule has 2 heterocycles. The normalized spacial score (nSPS) is 15.4. The van der Waals surface area contributed by atoms with Crippen LogP contribution in [0.15, 0.2) is 30.5 Å². The quantitative estimate of drug-likeness (QED) is 0.854. The summed E-state index contributed by atoms with van der Waals surface area (Å²) in [4.78, 5) is 6.88. The van der Waals surface area contributed by atoms with Gasteiger partial charge >= 0.3 is 0 Å². The third-order valence-electron chi connectivity index (χ3n) is 3.69. The standard InChI is InChI=1S/C16H21N3O2/c1-20-9-6-17-14-3-2-13-4-5-18-16(15(13)12-14)19-7-10-21-11-8-19/h2-5,12,17H,6-11H2,1H3. The molecule has 2 aromatic rings. The summed E-state index contributed by atoms with van der Waals surface area (Å²) >= 11 is 0. The van der Waals surface area contributed by atoms with E-state index in [2.05, 4.69) is 39.5 Å². The second-order valence-corrected chi connectivity index (χ2v) is 5.09. The van der Waals surface area contributed by atoms with E-state index in [1.54, 1.807) is 7.11 Å². The number of benzene rings is 1. The molecule has 0 radical (unpaired) electrons. The summed E-state index contributed by atoms with van der Waals surface area (Å²) in [5, 5.41) is 5.77. The lowest BCUT2D eigenvalue weighted by atomic mass is 10.1. The van der Waals surface area contributed by atoms with Crippen LogP contribution in [0, 0.1) is 0 Å². The van der Waals surface area contributed by atoms with E-state index in [0.717, 1.165) is 44.4 Å². The third kappa shape index (κ3) is 3.25. The van der Waals surface area contributed by atoms with Crippen LogP contribution in [0.3, 0.4) is 0 Å². The van der Waals surface area contributed by atoms with Crippen molar-refractivity contribution >= 4 is 22.3 Å². The number of ether oxygens (including phenoxy) is 2. The number of hydrogen-bond acceptors (Lipinski definition) is 5. The Bertz CT molecular complexity index is 597. The molecule has 0 saturated carbocycles. The smallest absolute Gasteiger partial charge is 0.136 e. The first-order chi connectivity index (χ1) is 10.4. The zero-order valence-corrected chi connectivity index (χ0v) is 12.3. The minimum atomic E-state index is 0.696. The molecule has 112 valence electrons. The Morgan fingerprint density at radius 3 is 2.95 bits per heavy atom. The first kappa shape index (κ1) is 14.1. The number of fused-ring (bicyclic) bond motifs is 1. The predicted octanol–water partition coefficient (Wildman–Crippen LogP) is 2.13. The Kier molecular flexibility index (Phi) is 4.52. The number of morpholine rings is 1. The molecule has 1 aliphatic rings. The molecular weight excluding hydrogens is 266 g/mol. The number of nitrogens with zero attached hydrogens (tertiary/aromatic N) is 2. The molecule has 21 heavy (non-hydrogen) atoms. The molecule has 0 aliphatic carbocycles. The van der Waals surface area contributed by atoms with Gasteiger partial charge in [0.15, 0.2) is 0 Å². The van der Waals surface area contributed by atoms with E-state index in [1.807, 2.05) is 6.20 Å². The number of methoxy groups -OCH3 is 1. The summed E-state index contributed by atoms with van der Waals surface area (Å²) in [6.45, 7) is 4.82. The number of aromatic nitrogens is 1. The maximum atomic E-state index is 5.43. The first-order valence-corrected chi connectivity index (χ1v) is 7.33. The molecule has 5 nitrogen and oxygen atoms in total. The highest BCUT2D eigenvalue weighted by molar-refractivity contribution is 5.94. The van der Waals surface area contributed by atoms with Crippen LogP contribution < -0.4 is 10.2 Å². The van der Waals surface area contributed by atoms with Crippen molar-refractivity contribution in [3.8, 4) is 0 Å². The average Bonchev–Trinajstić information content (AvgIpc) is 2.55. The van der Waals surface area contributed by atoms with Crippen molar-refractivity contribution in [1.29, 1.82) is 0 Å². The Morgan fingerprint density at radius 1 is 1.29 bits per heavy atom. The number of nitrogens with one attached hydrogen (secondary N) is 1. The highest BCUT2D eigenvalue weighted by atomic mass is 16.5. The maximum Gasteiger partial charge on any atom is 0.136 e. The summed E-state index contributed by atoms with van der Waals surface area (Å²) in [5.74, 6) is 1.05. The van der Waals surface area contributed by atoms with E-state index in [1.165, 1.54) is 10.8 Å². The Morgan fingerprint density at radius 2 is 2.14 bits per heavy atom. The van der Waals surface area contributed by atoms with E-state index < -0.39 is 0 Å². The van der Waals surface area contributed by atoms with Crippen LogP contribution in [0.25, 0.3) is 10.8 Å². The monoisotopic (exact) mass is 287 g/mol. The fraction of sp³-hybridized carbons (Fsp3) is 0.438. The van der Waals surface area contributed by atoms with Gasteiger partial charge < -0.3 is 19.7 Å². The molecule has 1 fully saturated rings. The molecule has 1 saturated heterocycles. The van der Waals surface area contributed by atoms with Crippen LogP contribution in [-0.4, -0.2) is 51.5 Å². The SMILES string of the molecule is COCCNc1ccc2ccnc(N3CCOCC3)c2c1. The molecule has 1 aromatic carbocycles. The topological polar surface area (TPSA) is 46.6 Å². The van der Waals surface area contributed by atoms with E-state index in [9.17, 15) is 0 Å². The van der Waals surface area contributed by atoms with Crippen LogP contribution in [0.2, 0.25) is 0 Å². The van der Waals surface area contributed by atoms with Gasteiger partial charge in [-0.05, 0) is 23.6 Å². The van der Waals surface area contributed by atoms with Crippen molar-refractivity contribution in [3.63, 3.8) is 0 Å². The molecule has 0 atom stereocenters. The summed E-state index contributed by atoms with van der Waals surface area (Å²) in [6, 6.07) is 8.46. The average molecular weight is 287 g/mol. The lowest BCUT2D eigenvalue weighted by Crippen LogP contribution is -2.36. The van der Waals surface area contributed by atoms with E-state index in [0.29, 0.717) is 6.61 Å². The minimum Gasteiger partial charge on any atom is -0.383 e.